The first kappa shape index (κ1) is 14.8. The molecule has 1 aliphatic heterocycles. The Morgan fingerprint density at radius 2 is 2.10 bits per heavy atom. The quantitative estimate of drug-likeness (QED) is 0.846. The molecule has 3 unspecified atom stereocenters. The van der Waals surface area contributed by atoms with Gasteiger partial charge < -0.3 is 10.3 Å². The predicted octanol–water partition coefficient (Wildman–Crippen LogP) is 3.93. The number of rotatable bonds is 2. The van der Waals surface area contributed by atoms with E-state index in [1.54, 1.807) is 0 Å². The molecule has 21 heavy (non-hydrogen) atoms. The Balaban J connectivity index is 1.85. The fourth-order valence-corrected chi connectivity index (χ4v) is 5.11. The van der Waals surface area contributed by atoms with Crippen molar-refractivity contribution in [2.24, 2.45) is 0 Å². The fraction of sp³-hybridized carbons (Fsp3) is 0.467. The maximum atomic E-state index is 5.94. The van der Waals surface area contributed by atoms with Crippen LogP contribution < -0.4 is 5.73 Å². The fourth-order valence-electron chi connectivity index (χ4n) is 2.28. The number of anilines is 1. The summed E-state index contributed by atoms with van der Waals surface area (Å²) in [7, 11) is 0. The lowest BCUT2D eigenvalue weighted by Crippen LogP contribution is -2.22. The van der Waals surface area contributed by atoms with Gasteiger partial charge in [-0.3, -0.25) is 0 Å². The summed E-state index contributed by atoms with van der Waals surface area (Å²) < 4.78 is 5.46. The molecule has 0 bridgehead atoms. The molecule has 3 rings (SSSR count). The second-order valence-corrected chi connectivity index (χ2v) is 8.34. The molecule has 0 saturated carbocycles. The molecule has 3 atom stereocenters. The summed E-state index contributed by atoms with van der Waals surface area (Å²) in [5, 5.41) is 5.77. The normalized spacial score (nSPS) is 26.0. The van der Waals surface area contributed by atoms with E-state index in [-0.39, 0.29) is 0 Å². The SMILES string of the molecule is Cc1c(N)cccc1-c1nc(C2CSC(C)C(C)S2)no1. The zero-order valence-electron chi connectivity index (χ0n) is 12.4. The van der Waals surface area contributed by atoms with E-state index in [0.717, 1.165) is 28.4 Å². The summed E-state index contributed by atoms with van der Waals surface area (Å²) in [5.74, 6) is 2.39. The van der Waals surface area contributed by atoms with Crippen molar-refractivity contribution < 1.29 is 4.52 Å². The average molecular weight is 321 g/mol. The highest BCUT2D eigenvalue weighted by atomic mass is 32.2. The van der Waals surface area contributed by atoms with E-state index in [2.05, 4.69) is 24.0 Å². The van der Waals surface area contributed by atoms with E-state index in [1.807, 2.05) is 48.6 Å². The van der Waals surface area contributed by atoms with E-state index < -0.39 is 0 Å². The molecule has 1 aliphatic rings. The van der Waals surface area contributed by atoms with Gasteiger partial charge in [-0.1, -0.05) is 25.1 Å². The largest absolute Gasteiger partial charge is 0.398 e. The van der Waals surface area contributed by atoms with E-state index >= 15 is 0 Å². The highest BCUT2D eigenvalue weighted by Gasteiger charge is 2.30. The summed E-state index contributed by atoms with van der Waals surface area (Å²) in [6.45, 7) is 6.51. The van der Waals surface area contributed by atoms with Gasteiger partial charge in [0.15, 0.2) is 5.82 Å². The highest BCUT2D eigenvalue weighted by molar-refractivity contribution is 8.07. The maximum Gasteiger partial charge on any atom is 0.258 e. The van der Waals surface area contributed by atoms with Crippen molar-refractivity contribution in [1.29, 1.82) is 0 Å². The van der Waals surface area contributed by atoms with Gasteiger partial charge in [0.05, 0.1) is 5.25 Å². The van der Waals surface area contributed by atoms with Crippen LogP contribution in [0.5, 0.6) is 0 Å². The molecule has 0 radical (unpaired) electrons. The summed E-state index contributed by atoms with van der Waals surface area (Å²) in [6, 6.07) is 5.76. The van der Waals surface area contributed by atoms with E-state index in [4.69, 9.17) is 10.3 Å². The zero-order chi connectivity index (χ0) is 15.0. The van der Waals surface area contributed by atoms with Gasteiger partial charge in [-0.05, 0) is 24.6 Å². The molecule has 2 N–H and O–H groups in total. The third kappa shape index (κ3) is 2.92. The Morgan fingerprint density at radius 3 is 2.86 bits per heavy atom. The van der Waals surface area contributed by atoms with Crippen LogP contribution in [0.4, 0.5) is 5.69 Å². The molecule has 0 amide bonds. The molecule has 2 aromatic rings. The number of aromatic nitrogens is 2. The van der Waals surface area contributed by atoms with E-state index in [0.29, 0.717) is 21.6 Å². The van der Waals surface area contributed by atoms with Crippen molar-refractivity contribution in [2.45, 2.75) is 36.5 Å². The van der Waals surface area contributed by atoms with Gasteiger partial charge in [0.1, 0.15) is 0 Å². The van der Waals surface area contributed by atoms with Gasteiger partial charge >= 0.3 is 0 Å². The minimum atomic E-state index is 0.306. The van der Waals surface area contributed by atoms with Gasteiger partial charge in [0.2, 0.25) is 0 Å². The molecular formula is C15H19N3OS2. The molecule has 1 aromatic carbocycles. The van der Waals surface area contributed by atoms with Crippen molar-refractivity contribution >= 4 is 29.2 Å². The minimum Gasteiger partial charge on any atom is -0.398 e. The van der Waals surface area contributed by atoms with Crippen LogP contribution in [0.15, 0.2) is 22.7 Å². The number of thioether (sulfide) groups is 2. The maximum absolute atomic E-state index is 5.94. The van der Waals surface area contributed by atoms with Crippen molar-refractivity contribution in [2.75, 3.05) is 11.5 Å². The molecule has 6 heteroatoms. The van der Waals surface area contributed by atoms with Gasteiger partial charge in [0, 0.05) is 27.5 Å². The second kappa shape index (κ2) is 5.93. The number of nitrogens with two attached hydrogens (primary N) is 1. The molecule has 1 fully saturated rings. The first-order valence-electron chi connectivity index (χ1n) is 7.02. The lowest BCUT2D eigenvalue weighted by Gasteiger charge is -2.29. The molecule has 4 nitrogen and oxygen atoms in total. The summed E-state index contributed by atoms with van der Waals surface area (Å²) in [6.07, 6.45) is 0. The zero-order valence-corrected chi connectivity index (χ0v) is 14.0. The Hall–Kier alpha value is -1.14. The smallest absolute Gasteiger partial charge is 0.258 e. The molecule has 1 saturated heterocycles. The Bertz CT molecular complexity index is 644. The number of nitrogen functional groups attached to an aromatic ring is 1. The summed E-state index contributed by atoms with van der Waals surface area (Å²) in [4.78, 5) is 4.60. The van der Waals surface area contributed by atoms with Crippen LogP contribution in [0, 0.1) is 6.92 Å². The van der Waals surface area contributed by atoms with Crippen LogP contribution in [0.25, 0.3) is 11.5 Å². The standard InChI is InChI=1S/C15H19N3OS2/c1-8-11(5-4-6-12(8)16)15-17-14(18-19-15)13-7-20-9(2)10(3)21-13/h4-6,9-10,13H,7,16H2,1-3H3. The van der Waals surface area contributed by atoms with Gasteiger partial charge in [0.25, 0.3) is 5.89 Å². The average Bonchev–Trinajstić information content (AvgIpc) is 2.94. The topological polar surface area (TPSA) is 64.9 Å². The Morgan fingerprint density at radius 1 is 1.29 bits per heavy atom. The van der Waals surface area contributed by atoms with Gasteiger partial charge in [-0.15, -0.1) is 11.8 Å². The van der Waals surface area contributed by atoms with Crippen LogP contribution in [0.1, 0.15) is 30.5 Å². The predicted molar refractivity (Wildman–Crippen MR) is 90.6 cm³/mol. The van der Waals surface area contributed by atoms with Crippen LogP contribution in [-0.2, 0) is 0 Å². The van der Waals surface area contributed by atoms with Crippen LogP contribution in [0.3, 0.4) is 0 Å². The van der Waals surface area contributed by atoms with Crippen LogP contribution in [-0.4, -0.2) is 26.4 Å². The monoisotopic (exact) mass is 321 g/mol. The molecule has 2 heterocycles. The molecule has 0 aliphatic carbocycles. The number of nitrogens with zero attached hydrogens (tertiary/aromatic N) is 2. The number of hydrogen-bond donors (Lipinski definition) is 1. The Labute approximate surface area is 133 Å². The Kier molecular flexibility index (Phi) is 4.17. The number of hydrogen-bond acceptors (Lipinski definition) is 6. The van der Waals surface area contributed by atoms with Crippen molar-refractivity contribution in [3.63, 3.8) is 0 Å². The number of benzene rings is 1. The first-order chi connectivity index (χ1) is 10.1. The van der Waals surface area contributed by atoms with Gasteiger partial charge in [-0.25, -0.2) is 0 Å². The lowest BCUT2D eigenvalue weighted by molar-refractivity contribution is 0.422. The first-order valence-corrected chi connectivity index (χ1v) is 9.01. The summed E-state index contributed by atoms with van der Waals surface area (Å²) in [5.41, 5.74) is 8.60. The third-order valence-corrected chi connectivity index (χ3v) is 7.27. The van der Waals surface area contributed by atoms with E-state index in [9.17, 15) is 0 Å². The van der Waals surface area contributed by atoms with Crippen molar-refractivity contribution in [3.8, 4) is 11.5 Å². The highest BCUT2D eigenvalue weighted by Crippen LogP contribution is 2.43. The minimum absolute atomic E-state index is 0.306. The molecular weight excluding hydrogens is 302 g/mol. The molecule has 112 valence electrons. The third-order valence-electron chi connectivity index (χ3n) is 3.89. The lowest BCUT2D eigenvalue weighted by atomic mass is 10.1. The van der Waals surface area contributed by atoms with Gasteiger partial charge in [-0.2, -0.15) is 16.7 Å². The summed E-state index contributed by atoms with van der Waals surface area (Å²) >= 11 is 3.91. The van der Waals surface area contributed by atoms with Crippen molar-refractivity contribution in [1.82, 2.24) is 10.1 Å². The van der Waals surface area contributed by atoms with Crippen molar-refractivity contribution in [3.05, 3.63) is 29.6 Å². The second-order valence-electron chi connectivity index (χ2n) is 5.35. The molecule has 1 aromatic heterocycles. The van der Waals surface area contributed by atoms with Crippen LogP contribution >= 0.6 is 23.5 Å². The van der Waals surface area contributed by atoms with Crippen LogP contribution in [0.2, 0.25) is 0 Å². The van der Waals surface area contributed by atoms with E-state index in [1.165, 1.54) is 0 Å². The molecule has 0 spiro atoms.